The van der Waals surface area contributed by atoms with Gasteiger partial charge in [-0.25, -0.2) is 14.8 Å². The van der Waals surface area contributed by atoms with E-state index >= 15 is 0 Å². The van der Waals surface area contributed by atoms with Crippen LogP contribution < -0.4 is 20.7 Å². The van der Waals surface area contributed by atoms with Crippen molar-refractivity contribution in [3.8, 4) is 5.75 Å². The highest BCUT2D eigenvalue weighted by molar-refractivity contribution is 6.42. The zero-order valence-corrected chi connectivity index (χ0v) is 18.5. The molecule has 1 heterocycles. The fraction of sp³-hybridized carbons (Fsp3) is 0.143. The van der Waals surface area contributed by atoms with Gasteiger partial charge in [0.15, 0.2) is 0 Å². The Bertz CT molecular complexity index is 1100. The van der Waals surface area contributed by atoms with E-state index in [-0.39, 0.29) is 11.9 Å². The maximum atomic E-state index is 12.6. The zero-order valence-electron chi connectivity index (χ0n) is 17.0. The molecule has 8 nitrogen and oxygen atoms in total. The summed E-state index contributed by atoms with van der Waals surface area (Å²) in [6.07, 6.45) is 0. The summed E-state index contributed by atoms with van der Waals surface area (Å²) >= 11 is 11.9. The minimum absolute atomic E-state index is 0.132. The molecule has 0 aliphatic heterocycles. The molecular weight excluding hydrogens is 439 g/mol. The number of nitrogens with one attached hydrogen (secondary N) is 3. The third kappa shape index (κ3) is 6.56. The Kier molecular flexibility index (Phi) is 7.28. The highest BCUT2D eigenvalue weighted by atomic mass is 35.5. The number of ether oxygens (including phenoxy) is 1. The summed E-state index contributed by atoms with van der Waals surface area (Å²) in [5, 5.41) is 9.11. The number of amides is 2. The Hall–Kier alpha value is -3.36. The summed E-state index contributed by atoms with van der Waals surface area (Å²) in [7, 11) is 1.58. The van der Waals surface area contributed by atoms with Crippen LogP contribution in [-0.4, -0.2) is 29.1 Å². The second-order valence-corrected chi connectivity index (χ2v) is 7.29. The number of aromatic nitrogens is 2. The third-order valence-electron chi connectivity index (χ3n) is 3.94. The first-order valence-corrected chi connectivity index (χ1v) is 9.93. The van der Waals surface area contributed by atoms with Gasteiger partial charge in [-0.05, 0) is 62.4 Å². The second kappa shape index (κ2) is 10.1. The van der Waals surface area contributed by atoms with E-state index in [0.29, 0.717) is 27.2 Å². The van der Waals surface area contributed by atoms with E-state index in [0.717, 1.165) is 11.4 Å². The van der Waals surface area contributed by atoms with Gasteiger partial charge >= 0.3 is 6.03 Å². The van der Waals surface area contributed by atoms with Gasteiger partial charge in [0.25, 0.3) is 5.95 Å². The van der Waals surface area contributed by atoms with Gasteiger partial charge in [-0.1, -0.05) is 23.2 Å². The molecule has 1 aromatic heterocycles. The summed E-state index contributed by atoms with van der Waals surface area (Å²) in [6, 6.07) is 13.2. The molecule has 0 unspecified atom stereocenters. The van der Waals surface area contributed by atoms with E-state index < -0.39 is 6.03 Å². The number of hydrogen-bond acceptors (Lipinski definition) is 5. The van der Waals surface area contributed by atoms with Crippen molar-refractivity contribution in [1.29, 1.82) is 0 Å². The minimum atomic E-state index is -0.539. The third-order valence-corrected chi connectivity index (χ3v) is 4.68. The van der Waals surface area contributed by atoms with Gasteiger partial charge in [0, 0.05) is 22.8 Å². The van der Waals surface area contributed by atoms with Crippen LogP contribution in [0.4, 0.5) is 22.1 Å². The lowest BCUT2D eigenvalue weighted by molar-refractivity contribution is 0.256. The van der Waals surface area contributed by atoms with Crippen LogP contribution in [0.3, 0.4) is 0 Å². The van der Waals surface area contributed by atoms with Crippen LogP contribution in [0, 0.1) is 13.8 Å². The lowest BCUT2D eigenvalue weighted by Gasteiger charge is -2.13. The van der Waals surface area contributed by atoms with E-state index in [9.17, 15) is 4.79 Å². The maximum Gasteiger partial charge on any atom is 0.326 e. The summed E-state index contributed by atoms with van der Waals surface area (Å²) in [5.74, 6) is 1.04. The van der Waals surface area contributed by atoms with Crippen molar-refractivity contribution < 1.29 is 9.53 Å². The van der Waals surface area contributed by atoms with E-state index in [2.05, 4.69) is 30.9 Å². The van der Waals surface area contributed by atoms with Crippen molar-refractivity contribution in [1.82, 2.24) is 15.3 Å². The average Bonchev–Trinajstić information content (AvgIpc) is 2.70. The first-order valence-electron chi connectivity index (χ1n) is 9.17. The van der Waals surface area contributed by atoms with Gasteiger partial charge in [-0.15, -0.1) is 0 Å². The Balaban J connectivity index is 1.83. The van der Waals surface area contributed by atoms with Gasteiger partial charge in [-0.3, -0.25) is 5.32 Å². The molecule has 31 heavy (non-hydrogen) atoms. The van der Waals surface area contributed by atoms with Crippen LogP contribution in [0.2, 0.25) is 10.0 Å². The number of halogens is 2. The second-order valence-electron chi connectivity index (χ2n) is 6.47. The van der Waals surface area contributed by atoms with Gasteiger partial charge in [-0.2, -0.15) is 4.99 Å². The predicted molar refractivity (Wildman–Crippen MR) is 124 cm³/mol. The average molecular weight is 459 g/mol. The Morgan fingerprint density at radius 3 is 2.16 bits per heavy atom. The Morgan fingerprint density at radius 1 is 0.903 bits per heavy atom. The number of carbonyl (C=O) groups is 1. The molecule has 3 aromatic rings. The van der Waals surface area contributed by atoms with E-state index in [1.165, 1.54) is 0 Å². The van der Waals surface area contributed by atoms with E-state index in [1.54, 1.807) is 49.6 Å². The number of anilines is 2. The molecule has 0 atom stereocenters. The number of benzene rings is 2. The van der Waals surface area contributed by atoms with Gasteiger partial charge in [0.05, 0.1) is 17.2 Å². The number of aliphatic imine (C=N–C) groups is 1. The summed E-state index contributed by atoms with van der Waals surface area (Å²) < 4.78 is 5.17. The molecule has 2 aromatic carbocycles. The monoisotopic (exact) mass is 458 g/mol. The molecule has 160 valence electrons. The number of aryl methyl sites for hydroxylation is 2. The molecule has 0 aliphatic rings. The smallest absolute Gasteiger partial charge is 0.326 e. The fourth-order valence-electron chi connectivity index (χ4n) is 2.60. The lowest BCUT2D eigenvalue weighted by atomic mass is 10.3. The number of hydrogen-bond donors (Lipinski definition) is 3. The quantitative estimate of drug-likeness (QED) is 0.362. The first-order chi connectivity index (χ1) is 14.8. The van der Waals surface area contributed by atoms with Crippen molar-refractivity contribution in [2.75, 3.05) is 17.7 Å². The van der Waals surface area contributed by atoms with Crippen molar-refractivity contribution in [2.45, 2.75) is 13.8 Å². The molecule has 0 aliphatic carbocycles. The van der Waals surface area contributed by atoms with Crippen molar-refractivity contribution in [3.05, 3.63) is 70.0 Å². The highest BCUT2D eigenvalue weighted by Crippen LogP contribution is 2.25. The molecule has 0 bridgehead atoms. The van der Waals surface area contributed by atoms with Gasteiger partial charge in [0.2, 0.25) is 5.96 Å². The number of nitrogens with zero attached hydrogens (tertiary/aromatic N) is 3. The molecular formula is C21H20Cl2N6O2. The van der Waals surface area contributed by atoms with E-state index in [4.69, 9.17) is 27.9 Å². The normalized spacial score (nSPS) is 11.1. The number of carbonyl (C=O) groups excluding carboxylic acids is 1. The van der Waals surface area contributed by atoms with Crippen LogP contribution in [0.5, 0.6) is 5.75 Å². The molecule has 3 rings (SSSR count). The standard InChI is InChI=1S/C21H20Cl2N6O2/c1-12-10-13(2)25-19(24-12)28-20(26-14-4-7-16(31-3)8-5-14)29-21(30)27-15-6-9-17(22)18(23)11-15/h4-11H,1-3H3,(H3,24,25,26,27,28,29,30). The molecule has 0 radical (unpaired) electrons. The van der Waals surface area contributed by atoms with Crippen LogP contribution in [0.25, 0.3) is 0 Å². The Morgan fingerprint density at radius 2 is 1.55 bits per heavy atom. The van der Waals surface area contributed by atoms with Gasteiger partial charge in [0.1, 0.15) is 5.75 Å². The molecule has 0 spiro atoms. The highest BCUT2D eigenvalue weighted by Gasteiger charge is 2.10. The number of methoxy groups -OCH3 is 1. The summed E-state index contributed by atoms with van der Waals surface area (Å²) in [4.78, 5) is 25.5. The largest absolute Gasteiger partial charge is 0.497 e. The van der Waals surface area contributed by atoms with Crippen molar-refractivity contribution in [3.63, 3.8) is 0 Å². The molecule has 2 amide bonds. The SMILES string of the molecule is COc1ccc(N/C(=N\c2nc(C)cc(C)n2)NC(=O)Nc2ccc(Cl)c(Cl)c2)cc1. The number of guanidine groups is 1. The van der Waals surface area contributed by atoms with E-state index in [1.807, 2.05) is 19.9 Å². The van der Waals surface area contributed by atoms with Crippen molar-refractivity contribution >= 4 is 52.5 Å². The summed E-state index contributed by atoms with van der Waals surface area (Å²) in [6.45, 7) is 3.68. The fourth-order valence-corrected chi connectivity index (χ4v) is 2.90. The van der Waals surface area contributed by atoms with Crippen LogP contribution >= 0.6 is 23.2 Å². The Labute approximate surface area is 189 Å². The van der Waals surface area contributed by atoms with Crippen LogP contribution in [0.1, 0.15) is 11.4 Å². The van der Waals surface area contributed by atoms with Crippen LogP contribution in [0.15, 0.2) is 53.5 Å². The molecule has 3 N–H and O–H groups in total. The topological polar surface area (TPSA) is 101 Å². The zero-order chi connectivity index (χ0) is 22.4. The number of urea groups is 1. The van der Waals surface area contributed by atoms with Crippen LogP contribution in [-0.2, 0) is 0 Å². The molecule has 0 saturated carbocycles. The summed E-state index contributed by atoms with van der Waals surface area (Å²) in [5.41, 5.74) is 2.67. The molecule has 0 fully saturated rings. The van der Waals surface area contributed by atoms with Crippen molar-refractivity contribution in [2.24, 2.45) is 4.99 Å². The molecule has 0 saturated heterocycles. The maximum absolute atomic E-state index is 12.6. The lowest BCUT2D eigenvalue weighted by Crippen LogP contribution is -2.38. The molecule has 10 heteroatoms. The predicted octanol–water partition coefficient (Wildman–Crippen LogP) is 5.33. The number of rotatable bonds is 4. The van der Waals surface area contributed by atoms with Gasteiger partial charge < -0.3 is 15.4 Å². The minimum Gasteiger partial charge on any atom is -0.497 e. The first kappa shape index (κ1) is 22.3.